The summed E-state index contributed by atoms with van der Waals surface area (Å²) in [6, 6.07) is 0. The number of aromatic nitrogens is 3. The van der Waals surface area contributed by atoms with Gasteiger partial charge in [0.05, 0.1) is 5.69 Å². The number of aryl methyl sites for hydroxylation is 2. The second-order valence-electron chi connectivity index (χ2n) is 3.26. The minimum absolute atomic E-state index is 0.231. The van der Waals surface area contributed by atoms with E-state index in [-0.39, 0.29) is 11.3 Å². The van der Waals surface area contributed by atoms with Crippen molar-refractivity contribution in [2.24, 2.45) is 7.05 Å². The molecule has 1 N–H and O–H groups in total. The molecular formula is C9H9N3O3. The molecule has 0 bridgehead atoms. The van der Waals surface area contributed by atoms with Crippen molar-refractivity contribution in [3.8, 4) is 0 Å². The van der Waals surface area contributed by atoms with Gasteiger partial charge < -0.3 is 9.67 Å². The van der Waals surface area contributed by atoms with Gasteiger partial charge in [0.1, 0.15) is 5.56 Å². The first kappa shape index (κ1) is 9.45. The van der Waals surface area contributed by atoms with E-state index < -0.39 is 11.5 Å². The van der Waals surface area contributed by atoms with Crippen LogP contribution in [0.1, 0.15) is 16.1 Å². The Balaban J connectivity index is 2.98. The molecule has 78 valence electrons. The minimum Gasteiger partial charge on any atom is -0.477 e. The molecule has 2 heterocycles. The third kappa shape index (κ3) is 1.22. The number of carboxylic acid groups (broad SMARTS) is 1. The van der Waals surface area contributed by atoms with Crippen LogP contribution in [0.4, 0.5) is 0 Å². The van der Waals surface area contributed by atoms with Crippen molar-refractivity contribution >= 4 is 11.7 Å². The lowest BCUT2D eigenvalue weighted by molar-refractivity contribution is 0.0693. The van der Waals surface area contributed by atoms with E-state index in [1.54, 1.807) is 17.8 Å². The predicted molar refractivity (Wildman–Crippen MR) is 52.1 cm³/mol. The van der Waals surface area contributed by atoms with E-state index >= 15 is 0 Å². The van der Waals surface area contributed by atoms with Gasteiger partial charge in [0.15, 0.2) is 0 Å². The van der Waals surface area contributed by atoms with Crippen molar-refractivity contribution in [3.05, 3.63) is 34.0 Å². The molecule has 2 rings (SSSR count). The Morgan fingerprint density at radius 2 is 2.13 bits per heavy atom. The van der Waals surface area contributed by atoms with Crippen molar-refractivity contribution in [1.82, 2.24) is 14.0 Å². The molecule has 0 aromatic carbocycles. The zero-order chi connectivity index (χ0) is 11.2. The lowest BCUT2D eigenvalue weighted by Gasteiger charge is -2.01. The Morgan fingerprint density at radius 3 is 2.73 bits per heavy atom. The SMILES string of the molecule is Cc1nc2n(C)ccn2c(=O)c1C(=O)O. The second-order valence-corrected chi connectivity index (χ2v) is 3.26. The van der Waals surface area contributed by atoms with Crippen LogP contribution in [0.2, 0.25) is 0 Å². The molecule has 0 amide bonds. The van der Waals surface area contributed by atoms with Crippen LogP contribution in [0.3, 0.4) is 0 Å². The van der Waals surface area contributed by atoms with E-state index in [1.807, 2.05) is 0 Å². The first-order valence-electron chi connectivity index (χ1n) is 4.30. The van der Waals surface area contributed by atoms with Crippen LogP contribution in [-0.2, 0) is 7.05 Å². The lowest BCUT2D eigenvalue weighted by atomic mass is 10.2. The van der Waals surface area contributed by atoms with Gasteiger partial charge in [-0.1, -0.05) is 0 Å². The first-order chi connectivity index (χ1) is 7.02. The number of nitrogens with zero attached hydrogens (tertiary/aromatic N) is 3. The summed E-state index contributed by atoms with van der Waals surface area (Å²) in [4.78, 5) is 26.6. The van der Waals surface area contributed by atoms with Gasteiger partial charge in [0.2, 0.25) is 5.78 Å². The van der Waals surface area contributed by atoms with Crippen LogP contribution < -0.4 is 5.56 Å². The summed E-state index contributed by atoms with van der Waals surface area (Å²) in [6.45, 7) is 1.51. The van der Waals surface area contributed by atoms with Gasteiger partial charge in [0.25, 0.3) is 5.56 Å². The summed E-state index contributed by atoms with van der Waals surface area (Å²) >= 11 is 0. The Morgan fingerprint density at radius 1 is 1.47 bits per heavy atom. The number of carbonyl (C=O) groups is 1. The maximum absolute atomic E-state index is 11.7. The molecule has 0 saturated carbocycles. The van der Waals surface area contributed by atoms with Gasteiger partial charge in [-0.05, 0) is 6.92 Å². The van der Waals surface area contributed by atoms with E-state index in [1.165, 1.54) is 17.5 Å². The summed E-state index contributed by atoms with van der Waals surface area (Å²) in [5, 5.41) is 8.85. The maximum atomic E-state index is 11.7. The summed E-state index contributed by atoms with van der Waals surface area (Å²) in [6.07, 6.45) is 3.14. The molecule has 0 radical (unpaired) electrons. The average Bonchev–Trinajstić information content (AvgIpc) is 2.47. The van der Waals surface area contributed by atoms with E-state index in [0.717, 1.165) is 0 Å². The van der Waals surface area contributed by atoms with Crippen LogP contribution in [0.15, 0.2) is 17.2 Å². The Kier molecular flexibility index (Phi) is 1.85. The summed E-state index contributed by atoms with van der Waals surface area (Å²) in [5.41, 5.74) is -0.599. The molecule has 15 heavy (non-hydrogen) atoms. The van der Waals surface area contributed by atoms with Gasteiger partial charge in [-0.2, -0.15) is 0 Å². The molecule has 0 aliphatic rings. The zero-order valence-corrected chi connectivity index (χ0v) is 8.26. The van der Waals surface area contributed by atoms with Crippen LogP contribution in [-0.4, -0.2) is 25.0 Å². The van der Waals surface area contributed by atoms with Crippen LogP contribution in [0.5, 0.6) is 0 Å². The summed E-state index contributed by atoms with van der Waals surface area (Å²) in [5.74, 6) is -0.814. The first-order valence-corrected chi connectivity index (χ1v) is 4.30. The molecule has 0 unspecified atom stereocenters. The Bertz CT molecular complexity index is 609. The quantitative estimate of drug-likeness (QED) is 0.716. The molecule has 0 saturated heterocycles. The van der Waals surface area contributed by atoms with Crippen LogP contribution in [0.25, 0.3) is 5.78 Å². The third-order valence-electron chi connectivity index (χ3n) is 2.25. The van der Waals surface area contributed by atoms with Crippen molar-refractivity contribution in [2.45, 2.75) is 6.92 Å². The molecular weight excluding hydrogens is 198 g/mol. The zero-order valence-electron chi connectivity index (χ0n) is 8.26. The molecule has 2 aromatic rings. The largest absolute Gasteiger partial charge is 0.477 e. The highest BCUT2D eigenvalue weighted by molar-refractivity contribution is 5.88. The second kappa shape index (κ2) is 2.94. The third-order valence-corrected chi connectivity index (χ3v) is 2.25. The summed E-state index contributed by atoms with van der Waals surface area (Å²) < 4.78 is 2.87. The number of imidazole rings is 1. The topological polar surface area (TPSA) is 76.6 Å². The fourth-order valence-electron chi connectivity index (χ4n) is 1.49. The molecule has 2 aromatic heterocycles. The van der Waals surface area contributed by atoms with E-state index in [2.05, 4.69) is 4.98 Å². The van der Waals surface area contributed by atoms with Crippen molar-refractivity contribution in [2.75, 3.05) is 0 Å². The van der Waals surface area contributed by atoms with E-state index in [0.29, 0.717) is 5.78 Å². The highest BCUT2D eigenvalue weighted by Gasteiger charge is 2.16. The Hall–Kier alpha value is -2.11. The fourth-order valence-corrected chi connectivity index (χ4v) is 1.49. The molecule has 0 fully saturated rings. The molecule has 0 aliphatic heterocycles. The number of aromatic carboxylic acids is 1. The van der Waals surface area contributed by atoms with Gasteiger partial charge in [-0.15, -0.1) is 0 Å². The number of hydrogen-bond donors (Lipinski definition) is 1. The van der Waals surface area contributed by atoms with Gasteiger partial charge in [-0.25, -0.2) is 9.78 Å². The maximum Gasteiger partial charge on any atom is 0.343 e. The van der Waals surface area contributed by atoms with E-state index in [4.69, 9.17) is 5.11 Å². The summed E-state index contributed by atoms with van der Waals surface area (Å²) in [7, 11) is 1.74. The molecule has 0 aliphatic carbocycles. The normalized spacial score (nSPS) is 10.8. The molecule has 6 nitrogen and oxygen atoms in total. The number of hydrogen-bond acceptors (Lipinski definition) is 3. The van der Waals surface area contributed by atoms with Gasteiger partial charge in [-0.3, -0.25) is 9.20 Å². The standard InChI is InChI=1S/C9H9N3O3/c1-5-6(8(14)15)7(13)12-4-3-11(2)9(12)10-5/h3-4H,1-2H3,(H,14,15). The van der Waals surface area contributed by atoms with Crippen molar-refractivity contribution in [1.29, 1.82) is 0 Å². The van der Waals surface area contributed by atoms with Crippen molar-refractivity contribution in [3.63, 3.8) is 0 Å². The molecule has 0 spiro atoms. The van der Waals surface area contributed by atoms with Crippen LogP contribution in [0, 0.1) is 6.92 Å². The van der Waals surface area contributed by atoms with Crippen molar-refractivity contribution < 1.29 is 9.90 Å². The monoisotopic (exact) mass is 207 g/mol. The van der Waals surface area contributed by atoms with Gasteiger partial charge >= 0.3 is 5.97 Å². The highest BCUT2D eigenvalue weighted by atomic mass is 16.4. The molecule has 6 heteroatoms. The average molecular weight is 207 g/mol. The minimum atomic E-state index is -1.25. The fraction of sp³-hybridized carbons (Fsp3) is 0.222. The smallest absolute Gasteiger partial charge is 0.343 e. The Labute approximate surface area is 84.4 Å². The lowest BCUT2D eigenvalue weighted by Crippen LogP contribution is -2.24. The number of fused-ring (bicyclic) bond motifs is 1. The van der Waals surface area contributed by atoms with Gasteiger partial charge in [0, 0.05) is 19.4 Å². The predicted octanol–water partition coefficient (Wildman–Crippen LogP) is 0.0396. The number of rotatable bonds is 1. The number of carboxylic acids is 1. The highest BCUT2D eigenvalue weighted by Crippen LogP contribution is 2.03. The van der Waals surface area contributed by atoms with Crippen LogP contribution >= 0.6 is 0 Å². The molecule has 0 atom stereocenters. The van der Waals surface area contributed by atoms with E-state index in [9.17, 15) is 9.59 Å².